The van der Waals surface area contributed by atoms with Gasteiger partial charge in [0, 0.05) is 6.92 Å². The highest BCUT2D eigenvalue weighted by Gasteiger charge is 2.59. The van der Waals surface area contributed by atoms with E-state index in [0.717, 1.165) is 13.8 Å². The molecule has 0 aromatic carbocycles. The zero-order valence-corrected chi connectivity index (χ0v) is 39.5. The number of carboxylic acid groups (broad SMARTS) is 2. The molecule has 31 atom stereocenters. The molecule has 33 nitrogen and oxygen atoms in total. The van der Waals surface area contributed by atoms with Crippen molar-refractivity contribution < 1.29 is 162 Å². The van der Waals surface area contributed by atoms with Gasteiger partial charge >= 0.3 is 5.97 Å². The van der Waals surface area contributed by atoms with Crippen LogP contribution >= 0.6 is 0 Å². The number of carbonyl (C=O) groups is 3. The molecule has 74 heavy (non-hydrogen) atoms. The Hall–Kier alpha value is -2.67. The molecule has 0 amide bonds. The van der Waals surface area contributed by atoms with E-state index >= 15 is 0 Å². The molecule has 7 rings (SSSR count). The molecule has 426 valence electrons. The van der Waals surface area contributed by atoms with Crippen molar-refractivity contribution in [1.82, 2.24) is 0 Å². The fourth-order valence-electron chi connectivity index (χ4n) is 9.48. The fourth-order valence-corrected chi connectivity index (χ4v) is 9.48. The van der Waals surface area contributed by atoms with Crippen molar-refractivity contribution in [2.24, 2.45) is 0 Å². The van der Waals surface area contributed by atoms with E-state index in [0.29, 0.717) is 0 Å². The highest BCUT2D eigenvalue weighted by Crippen LogP contribution is 2.38. The van der Waals surface area contributed by atoms with Crippen molar-refractivity contribution in [3.63, 3.8) is 0 Å². The standard InChI is InChI=1S/C41H64O33/c1-8-25(16(47)19(50)35(62-8)69-26-9(2)63-38(24(55)31(26)64-10(3)44)70-28-14(45)11(5-42)65-34(58)22(28)53)68-39-23(54)29(15(46)12(6-43)66-39)71-37-21(52)18(49)30(32(73-37)33(56)57)72-36-20(51)17(48)27-13(67-36)7-61-41(4,74-27)40(59)60/h8-9,11-32,34-39,42-43,45-55,58H,5-7H2,1-4H3,(H,56,57)(H,59,60)/p-2/t8-,9+,11-,12-,13+,14-,15+,16-,17+,18-,19-,20+,21-,22-,23-,24+,25+,26-,27-,28+,29+,30+,31+,32+,34-,35+,36-,37-,38+,39+,41+/m0/s1. The summed E-state index contributed by atoms with van der Waals surface area (Å²) < 4.78 is 77.1. The van der Waals surface area contributed by atoms with Crippen LogP contribution < -0.4 is 10.2 Å². The van der Waals surface area contributed by atoms with Crippen molar-refractivity contribution in [3.05, 3.63) is 0 Å². The van der Waals surface area contributed by atoms with Gasteiger partial charge in [-0.3, -0.25) is 4.79 Å². The fraction of sp³-hybridized carbons (Fsp3) is 0.927. The molecule has 0 unspecified atom stereocenters. The molecular formula is C41H62O33-2. The quantitative estimate of drug-likeness (QED) is 0.0677. The van der Waals surface area contributed by atoms with Gasteiger partial charge in [-0.25, -0.2) is 0 Å². The van der Waals surface area contributed by atoms with Crippen molar-refractivity contribution >= 4 is 17.9 Å². The molecular weight excluding hydrogens is 1020 g/mol. The first-order chi connectivity index (χ1) is 34.7. The van der Waals surface area contributed by atoms with Crippen molar-refractivity contribution in [3.8, 4) is 0 Å². The maximum absolute atomic E-state index is 12.4. The molecule has 0 bridgehead atoms. The number of aliphatic hydroxyl groups is 14. The molecule has 0 radical (unpaired) electrons. The van der Waals surface area contributed by atoms with Gasteiger partial charge in [0.2, 0.25) is 5.79 Å². The SMILES string of the molecule is CC(=O)O[C@@H]1[C@@H](O)[C@@H](O[C@@H]2[C@@H](O)[C@H](CO)O[C@H](O)[C@H]2O)O[C@H](C)[C@@H]1O[C@H]1O[C@@H](C)[C@@H](O[C@H]2O[C@@H](CO)[C@@H](O)[C@@H](O[C@H]3O[C@@H](C(=O)[O-])[C@H](O[C@@H]4O[C@@H]5CO[C@@](C)(C(=O)[O-])O[C@@H]5[C@H](O)[C@H]4O)[C@@H](O)[C@@H]3O)[C@@H]2O)[C@@H](O)[C@@H]1O. The molecule has 0 saturated carbocycles. The molecule has 7 fully saturated rings. The van der Waals surface area contributed by atoms with Crippen LogP contribution in [0.15, 0.2) is 0 Å². The summed E-state index contributed by atoms with van der Waals surface area (Å²) in [6.45, 7) is 2.14. The largest absolute Gasteiger partial charge is 0.547 e. The van der Waals surface area contributed by atoms with E-state index in [1.54, 1.807) is 0 Å². The number of hydrogen-bond donors (Lipinski definition) is 14. The van der Waals surface area contributed by atoms with Gasteiger partial charge in [0.05, 0.1) is 38.0 Å². The first-order valence-corrected chi connectivity index (χ1v) is 23.2. The molecule has 7 aliphatic heterocycles. The summed E-state index contributed by atoms with van der Waals surface area (Å²) in [5.41, 5.74) is 0. The molecule has 7 aliphatic rings. The number of hydrogen-bond acceptors (Lipinski definition) is 33. The number of fused-ring (bicyclic) bond motifs is 1. The van der Waals surface area contributed by atoms with E-state index in [1.165, 1.54) is 13.8 Å². The summed E-state index contributed by atoms with van der Waals surface area (Å²) in [4.78, 5) is 36.2. The van der Waals surface area contributed by atoms with E-state index in [1.807, 2.05) is 0 Å². The summed E-state index contributed by atoms with van der Waals surface area (Å²) in [5, 5.41) is 175. The number of ether oxygens (including phenoxy) is 14. The second-order valence-corrected chi connectivity index (χ2v) is 18.8. The van der Waals surface area contributed by atoms with Crippen molar-refractivity contribution in [1.29, 1.82) is 0 Å². The lowest BCUT2D eigenvalue weighted by atomic mass is 9.95. The van der Waals surface area contributed by atoms with Crippen LogP contribution in [0.3, 0.4) is 0 Å². The zero-order valence-electron chi connectivity index (χ0n) is 39.5. The third kappa shape index (κ3) is 11.7. The van der Waals surface area contributed by atoms with E-state index in [9.17, 15) is 96.1 Å². The van der Waals surface area contributed by atoms with Gasteiger partial charge in [-0.2, -0.15) is 0 Å². The van der Waals surface area contributed by atoms with Crippen LogP contribution in [0.2, 0.25) is 0 Å². The molecule has 0 aliphatic carbocycles. The van der Waals surface area contributed by atoms with Crippen LogP contribution in [0, 0.1) is 0 Å². The molecule has 0 aromatic rings. The predicted molar refractivity (Wildman–Crippen MR) is 215 cm³/mol. The number of esters is 1. The zero-order chi connectivity index (χ0) is 54.6. The number of rotatable bonds is 15. The normalized spacial score (nSPS) is 52.1. The Morgan fingerprint density at radius 1 is 0.514 bits per heavy atom. The third-order valence-corrected chi connectivity index (χ3v) is 13.6. The number of carboxylic acids is 2. The minimum absolute atomic E-state index is 0.581. The lowest BCUT2D eigenvalue weighted by molar-refractivity contribution is -0.419. The van der Waals surface area contributed by atoms with Gasteiger partial charge in [-0.15, -0.1) is 0 Å². The Morgan fingerprint density at radius 2 is 0.959 bits per heavy atom. The van der Waals surface area contributed by atoms with Crippen LogP contribution in [0.1, 0.15) is 27.7 Å². The Balaban J connectivity index is 0.995. The average molecular weight is 1080 g/mol. The lowest BCUT2D eigenvalue weighted by Crippen LogP contribution is -2.70. The summed E-state index contributed by atoms with van der Waals surface area (Å²) >= 11 is 0. The number of aliphatic carboxylic acids is 2. The minimum atomic E-state index is -2.42. The number of carbonyl (C=O) groups excluding carboxylic acids is 3. The first-order valence-electron chi connectivity index (χ1n) is 23.2. The van der Waals surface area contributed by atoms with Crippen molar-refractivity contribution in [2.75, 3.05) is 19.8 Å². The minimum Gasteiger partial charge on any atom is -0.547 e. The van der Waals surface area contributed by atoms with Gasteiger partial charge in [-0.1, -0.05) is 0 Å². The molecule has 14 N–H and O–H groups in total. The van der Waals surface area contributed by atoms with Gasteiger partial charge in [0.25, 0.3) is 0 Å². The smallest absolute Gasteiger partial charge is 0.303 e. The van der Waals surface area contributed by atoms with Gasteiger partial charge < -0.3 is 158 Å². The topological polar surface area (TPSA) is 510 Å². The maximum atomic E-state index is 12.4. The van der Waals surface area contributed by atoms with Gasteiger partial charge in [0.15, 0.2) is 43.8 Å². The lowest BCUT2D eigenvalue weighted by Gasteiger charge is -2.51. The second kappa shape index (κ2) is 23.7. The Kier molecular flexibility index (Phi) is 18.9. The third-order valence-electron chi connectivity index (χ3n) is 13.6. The van der Waals surface area contributed by atoms with Crippen LogP contribution in [-0.2, 0) is 80.7 Å². The second-order valence-electron chi connectivity index (χ2n) is 18.8. The summed E-state index contributed by atoms with van der Waals surface area (Å²) in [7, 11) is 0. The summed E-state index contributed by atoms with van der Waals surface area (Å²) in [5.74, 6) is -7.27. The predicted octanol–water partition coefficient (Wildman–Crippen LogP) is -13.2. The summed E-state index contributed by atoms with van der Waals surface area (Å²) in [6, 6.07) is 0. The molecule has 0 aromatic heterocycles. The Morgan fingerprint density at radius 3 is 1.53 bits per heavy atom. The van der Waals surface area contributed by atoms with E-state index in [-0.39, 0.29) is 0 Å². The van der Waals surface area contributed by atoms with Gasteiger partial charge in [0.1, 0.15) is 134 Å². The first kappa shape index (κ1) is 59.0. The summed E-state index contributed by atoms with van der Waals surface area (Å²) in [6.07, 6.45) is -56.9. The highest BCUT2D eigenvalue weighted by atomic mass is 16.8. The van der Waals surface area contributed by atoms with Crippen LogP contribution in [-0.4, -0.2) is 299 Å². The Labute approximate surface area is 417 Å². The maximum Gasteiger partial charge on any atom is 0.303 e. The molecule has 0 spiro atoms. The van der Waals surface area contributed by atoms with Crippen LogP contribution in [0.4, 0.5) is 0 Å². The van der Waals surface area contributed by atoms with Crippen LogP contribution in [0.5, 0.6) is 0 Å². The average Bonchev–Trinajstić information content (AvgIpc) is 3.34. The monoisotopic (exact) mass is 1080 g/mol. The van der Waals surface area contributed by atoms with E-state index in [2.05, 4.69) is 0 Å². The highest BCUT2D eigenvalue weighted by molar-refractivity contribution is 5.73. The molecule has 7 saturated heterocycles. The molecule has 7 heterocycles. The van der Waals surface area contributed by atoms with Gasteiger partial charge in [-0.05, 0) is 20.8 Å². The van der Waals surface area contributed by atoms with Crippen molar-refractivity contribution in [2.45, 2.75) is 218 Å². The number of aliphatic hydroxyl groups excluding tert-OH is 14. The Bertz CT molecular complexity index is 1900. The van der Waals surface area contributed by atoms with E-state index in [4.69, 9.17) is 66.3 Å². The van der Waals surface area contributed by atoms with Crippen LogP contribution in [0.25, 0.3) is 0 Å². The van der Waals surface area contributed by atoms with E-state index < -0.39 is 228 Å². The molecule has 33 heteroatoms.